The predicted octanol–water partition coefficient (Wildman–Crippen LogP) is 4.28. The summed E-state index contributed by atoms with van der Waals surface area (Å²) >= 11 is 0. The Morgan fingerprint density at radius 1 is 1.11 bits per heavy atom. The SMILES string of the molecule is Cl.Nc1c2c(nc3cc(NC(=O)c4ccc([N+](=O)[O-])cc4)ccc13)CCCC2. The second-order valence-electron chi connectivity index (χ2n) is 6.65. The number of hydrogen-bond acceptors (Lipinski definition) is 5. The van der Waals surface area contributed by atoms with Gasteiger partial charge in [-0.05, 0) is 61.6 Å². The van der Waals surface area contributed by atoms with Crippen LogP contribution in [0.1, 0.15) is 34.5 Å². The molecule has 3 N–H and O–H groups in total. The highest BCUT2D eigenvalue weighted by Crippen LogP contribution is 2.32. The van der Waals surface area contributed by atoms with Crippen LogP contribution < -0.4 is 11.1 Å². The van der Waals surface area contributed by atoms with E-state index in [2.05, 4.69) is 5.32 Å². The van der Waals surface area contributed by atoms with Gasteiger partial charge in [0, 0.05) is 40.2 Å². The highest BCUT2D eigenvalue weighted by Gasteiger charge is 2.17. The van der Waals surface area contributed by atoms with E-state index >= 15 is 0 Å². The Kier molecular flexibility index (Phi) is 5.46. The minimum absolute atomic E-state index is 0. The standard InChI is InChI=1S/C20H18N4O3.ClH/c21-19-15-3-1-2-4-17(15)23-18-11-13(7-10-16(18)19)22-20(25)12-5-8-14(9-6-12)24(26)27;/h5-11H,1-4H2,(H2,21,23)(H,22,25);1H. The molecule has 0 saturated heterocycles. The molecule has 2 aromatic carbocycles. The van der Waals surface area contributed by atoms with Crippen LogP contribution in [0.3, 0.4) is 0 Å². The third-order valence-electron chi connectivity index (χ3n) is 4.91. The second-order valence-corrected chi connectivity index (χ2v) is 6.65. The number of nitro groups is 1. The van der Waals surface area contributed by atoms with Crippen molar-refractivity contribution >= 4 is 46.3 Å². The van der Waals surface area contributed by atoms with Gasteiger partial charge in [-0.15, -0.1) is 12.4 Å². The molecule has 1 heterocycles. The molecule has 0 bridgehead atoms. The van der Waals surface area contributed by atoms with Crippen LogP contribution in [0.25, 0.3) is 10.9 Å². The lowest BCUT2D eigenvalue weighted by Crippen LogP contribution is -2.12. The monoisotopic (exact) mass is 398 g/mol. The molecule has 4 rings (SSSR count). The minimum atomic E-state index is -0.498. The summed E-state index contributed by atoms with van der Waals surface area (Å²) in [5.74, 6) is -0.338. The number of aryl methyl sites for hydroxylation is 1. The van der Waals surface area contributed by atoms with Gasteiger partial charge in [0.15, 0.2) is 0 Å². The van der Waals surface area contributed by atoms with Crippen molar-refractivity contribution in [3.63, 3.8) is 0 Å². The average Bonchev–Trinajstić information content (AvgIpc) is 2.68. The molecule has 1 aliphatic carbocycles. The van der Waals surface area contributed by atoms with Gasteiger partial charge in [0.2, 0.25) is 0 Å². The Bertz CT molecular complexity index is 1070. The number of nitrogens with two attached hydrogens (primary N) is 1. The maximum atomic E-state index is 12.4. The Balaban J connectivity index is 0.00000225. The number of nitrogen functional groups attached to an aromatic ring is 1. The summed E-state index contributed by atoms with van der Waals surface area (Å²) in [6, 6.07) is 11.0. The molecule has 1 aromatic heterocycles. The second kappa shape index (κ2) is 7.82. The lowest BCUT2D eigenvalue weighted by atomic mass is 9.93. The zero-order chi connectivity index (χ0) is 19.0. The molecule has 1 aliphatic rings. The predicted molar refractivity (Wildman–Crippen MR) is 111 cm³/mol. The molecule has 1 amide bonds. The van der Waals surface area contributed by atoms with Crippen molar-refractivity contribution in [2.45, 2.75) is 25.7 Å². The fraction of sp³-hybridized carbons (Fsp3) is 0.200. The first-order chi connectivity index (χ1) is 13.0. The van der Waals surface area contributed by atoms with Crippen molar-refractivity contribution < 1.29 is 9.72 Å². The molecular formula is C20H19ClN4O3. The summed E-state index contributed by atoms with van der Waals surface area (Å²) < 4.78 is 0. The first-order valence-electron chi connectivity index (χ1n) is 8.80. The molecular weight excluding hydrogens is 380 g/mol. The smallest absolute Gasteiger partial charge is 0.269 e. The number of fused-ring (bicyclic) bond motifs is 2. The molecule has 0 spiro atoms. The van der Waals surface area contributed by atoms with E-state index in [0.717, 1.165) is 53.5 Å². The number of halogens is 1. The number of non-ortho nitro benzene ring substituents is 1. The Morgan fingerprint density at radius 2 is 1.82 bits per heavy atom. The molecule has 3 aromatic rings. The lowest BCUT2D eigenvalue weighted by molar-refractivity contribution is -0.384. The van der Waals surface area contributed by atoms with Crippen LogP contribution in [0.5, 0.6) is 0 Å². The Hall–Kier alpha value is -3.19. The molecule has 0 saturated carbocycles. The van der Waals surface area contributed by atoms with E-state index in [4.69, 9.17) is 10.7 Å². The van der Waals surface area contributed by atoms with Crippen molar-refractivity contribution in [3.8, 4) is 0 Å². The molecule has 8 heteroatoms. The van der Waals surface area contributed by atoms with Crippen LogP contribution in [0.2, 0.25) is 0 Å². The van der Waals surface area contributed by atoms with Gasteiger partial charge in [-0.2, -0.15) is 0 Å². The number of carbonyl (C=O) groups excluding carboxylic acids is 1. The van der Waals surface area contributed by atoms with Crippen molar-refractivity contribution in [2.75, 3.05) is 11.1 Å². The van der Waals surface area contributed by atoms with Crippen molar-refractivity contribution in [2.24, 2.45) is 0 Å². The van der Waals surface area contributed by atoms with E-state index in [1.807, 2.05) is 12.1 Å². The molecule has 7 nitrogen and oxygen atoms in total. The number of pyridine rings is 1. The number of anilines is 2. The van der Waals surface area contributed by atoms with Gasteiger partial charge >= 0.3 is 0 Å². The lowest BCUT2D eigenvalue weighted by Gasteiger charge is -2.18. The minimum Gasteiger partial charge on any atom is -0.398 e. The normalized spacial score (nSPS) is 12.7. The quantitative estimate of drug-likeness (QED) is 0.505. The molecule has 0 radical (unpaired) electrons. The van der Waals surface area contributed by atoms with Gasteiger partial charge in [-0.25, -0.2) is 0 Å². The first kappa shape index (κ1) is 19.6. The fourth-order valence-electron chi connectivity index (χ4n) is 3.48. The number of carbonyl (C=O) groups is 1. The van der Waals surface area contributed by atoms with Crippen molar-refractivity contribution in [3.05, 3.63) is 69.4 Å². The maximum Gasteiger partial charge on any atom is 0.269 e. The number of benzene rings is 2. The van der Waals surface area contributed by atoms with Crippen LogP contribution in [0, 0.1) is 10.1 Å². The number of aromatic nitrogens is 1. The molecule has 0 aliphatic heterocycles. The highest BCUT2D eigenvalue weighted by atomic mass is 35.5. The van der Waals surface area contributed by atoms with Crippen LogP contribution >= 0.6 is 12.4 Å². The van der Waals surface area contributed by atoms with Crippen LogP contribution in [-0.4, -0.2) is 15.8 Å². The van der Waals surface area contributed by atoms with Gasteiger partial charge in [0.25, 0.3) is 11.6 Å². The molecule has 144 valence electrons. The van der Waals surface area contributed by atoms with Crippen molar-refractivity contribution in [1.29, 1.82) is 0 Å². The summed E-state index contributed by atoms with van der Waals surface area (Å²) in [5, 5.41) is 14.4. The highest BCUT2D eigenvalue weighted by molar-refractivity contribution is 6.05. The molecule has 0 unspecified atom stereocenters. The Labute approximate surface area is 167 Å². The number of amides is 1. The van der Waals surface area contributed by atoms with Crippen LogP contribution in [0.4, 0.5) is 17.1 Å². The topological polar surface area (TPSA) is 111 Å². The average molecular weight is 399 g/mol. The van der Waals surface area contributed by atoms with Crippen LogP contribution in [0.15, 0.2) is 42.5 Å². The third kappa shape index (κ3) is 3.61. The fourth-order valence-corrected chi connectivity index (χ4v) is 3.48. The van der Waals surface area contributed by atoms with E-state index < -0.39 is 4.92 Å². The van der Waals surface area contributed by atoms with E-state index in [1.54, 1.807) is 6.07 Å². The summed E-state index contributed by atoms with van der Waals surface area (Å²) in [6.45, 7) is 0. The van der Waals surface area contributed by atoms with E-state index in [9.17, 15) is 14.9 Å². The van der Waals surface area contributed by atoms with Gasteiger partial charge in [0.05, 0.1) is 10.4 Å². The zero-order valence-electron chi connectivity index (χ0n) is 15.0. The number of nitro benzene ring substituents is 1. The number of rotatable bonds is 3. The number of hydrogen-bond donors (Lipinski definition) is 2. The van der Waals surface area contributed by atoms with Crippen LogP contribution in [-0.2, 0) is 12.8 Å². The van der Waals surface area contributed by atoms with Gasteiger partial charge in [0.1, 0.15) is 0 Å². The zero-order valence-corrected chi connectivity index (χ0v) is 15.8. The summed E-state index contributed by atoms with van der Waals surface area (Å²) in [4.78, 5) is 27.4. The summed E-state index contributed by atoms with van der Waals surface area (Å²) in [6.07, 6.45) is 4.13. The molecule has 0 atom stereocenters. The van der Waals surface area contributed by atoms with Gasteiger partial charge in [-0.1, -0.05) is 0 Å². The Morgan fingerprint density at radius 3 is 2.54 bits per heavy atom. The maximum absolute atomic E-state index is 12.4. The summed E-state index contributed by atoms with van der Waals surface area (Å²) in [5.41, 5.74) is 11.0. The first-order valence-corrected chi connectivity index (χ1v) is 8.80. The summed E-state index contributed by atoms with van der Waals surface area (Å²) in [7, 11) is 0. The van der Waals surface area contributed by atoms with E-state index in [0.29, 0.717) is 11.3 Å². The molecule has 28 heavy (non-hydrogen) atoms. The number of nitrogens with one attached hydrogen (secondary N) is 1. The molecule has 0 fully saturated rings. The number of nitrogens with zero attached hydrogens (tertiary/aromatic N) is 2. The van der Waals surface area contributed by atoms with Gasteiger partial charge < -0.3 is 11.1 Å². The van der Waals surface area contributed by atoms with Gasteiger partial charge in [-0.3, -0.25) is 19.9 Å². The van der Waals surface area contributed by atoms with E-state index in [-0.39, 0.29) is 24.0 Å². The largest absolute Gasteiger partial charge is 0.398 e. The van der Waals surface area contributed by atoms with E-state index in [1.165, 1.54) is 24.3 Å². The third-order valence-corrected chi connectivity index (χ3v) is 4.91. The van der Waals surface area contributed by atoms with Crippen molar-refractivity contribution in [1.82, 2.24) is 4.98 Å².